The maximum atomic E-state index is 9.23. The minimum atomic E-state index is 0.569. The number of fused-ring (bicyclic) bond motifs is 1. The van der Waals surface area contributed by atoms with Crippen molar-refractivity contribution in [3.63, 3.8) is 0 Å². The van der Waals surface area contributed by atoms with E-state index >= 15 is 0 Å². The molecular formula is C29H36N4. The average molecular weight is 441 g/mol. The zero-order chi connectivity index (χ0) is 22.8. The molecule has 33 heavy (non-hydrogen) atoms. The van der Waals surface area contributed by atoms with Gasteiger partial charge in [0.2, 0.25) is 0 Å². The highest BCUT2D eigenvalue weighted by atomic mass is 15.1. The number of nitrogens with zero attached hydrogens (tertiary/aromatic N) is 2. The largest absolute Gasteiger partial charge is 0.385 e. The highest BCUT2D eigenvalue weighted by Crippen LogP contribution is 2.28. The van der Waals surface area contributed by atoms with Crippen molar-refractivity contribution in [2.45, 2.75) is 57.9 Å². The van der Waals surface area contributed by atoms with Crippen molar-refractivity contribution in [1.29, 1.82) is 5.41 Å². The topological polar surface area (TPSA) is 44.1 Å². The van der Waals surface area contributed by atoms with Gasteiger partial charge in [0.1, 0.15) is 5.84 Å². The molecule has 0 atom stereocenters. The quantitative estimate of drug-likeness (QED) is 0.366. The lowest BCUT2D eigenvalue weighted by Gasteiger charge is -2.33. The summed E-state index contributed by atoms with van der Waals surface area (Å²) in [7, 11) is 2.16. The van der Waals surface area contributed by atoms with Crippen molar-refractivity contribution in [2.75, 3.05) is 20.1 Å². The summed E-state index contributed by atoms with van der Waals surface area (Å²) in [5.41, 5.74) is 7.33. The summed E-state index contributed by atoms with van der Waals surface area (Å²) in [6.07, 6.45) is 10.6. The lowest BCUT2D eigenvalue weighted by molar-refractivity contribution is 0.330. The molecule has 1 aliphatic heterocycles. The smallest absolute Gasteiger partial charge is 0.135 e. The van der Waals surface area contributed by atoms with Crippen molar-refractivity contribution in [3.8, 4) is 11.1 Å². The molecule has 2 aromatic carbocycles. The molecule has 2 heterocycles. The summed E-state index contributed by atoms with van der Waals surface area (Å²) in [4.78, 5) is 2.34. The van der Waals surface area contributed by atoms with E-state index in [2.05, 4.69) is 83.5 Å². The Morgan fingerprint density at radius 3 is 2.52 bits per heavy atom. The van der Waals surface area contributed by atoms with Gasteiger partial charge in [0.05, 0.1) is 5.52 Å². The minimum absolute atomic E-state index is 0.569. The maximum Gasteiger partial charge on any atom is 0.135 e. The summed E-state index contributed by atoms with van der Waals surface area (Å²) in [5, 5.41) is 14.3. The molecule has 1 saturated carbocycles. The predicted octanol–water partition coefficient (Wildman–Crippen LogP) is 6.21. The molecule has 1 aliphatic carbocycles. The van der Waals surface area contributed by atoms with Crippen LogP contribution in [0.2, 0.25) is 0 Å². The van der Waals surface area contributed by atoms with E-state index in [4.69, 9.17) is 0 Å². The van der Waals surface area contributed by atoms with Gasteiger partial charge in [-0.15, -0.1) is 0 Å². The molecule has 5 rings (SSSR count). The van der Waals surface area contributed by atoms with Crippen LogP contribution in [0.25, 0.3) is 22.0 Å². The fraction of sp³-hybridized carbons (Fsp3) is 0.414. The van der Waals surface area contributed by atoms with E-state index in [0.29, 0.717) is 11.9 Å². The normalized spacial score (nSPS) is 18.1. The molecule has 0 spiro atoms. The number of rotatable bonds is 5. The second kappa shape index (κ2) is 9.56. The number of aryl methyl sites for hydroxylation is 1. The Bertz CT molecular complexity index is 1160. The summed E-state index contributed by atoms with van der Waals surface area (Å²) in [6, 6.07) is 18.2. The van der Waals surface area contributed by atoms with Gasteiger partial charge in [-0.3, -0.25) is 5.41 Å². The van der Waals surface area contributed by atoms with Crippen LogP contribution in [0.3, 0.4) is 0 Å². The first-order chi connectivity index (χ1) is 16.1. The zero-order valence-electron chi connectivity index (χ0n) is 20.0. The van der Waals surface area contributed by atoms with Gasteiger partial charge in [0.15, 0.2) is 0 Å². The molecule has 1 aromatic heterocycles. The van der Waals surface area contributed by atoms with Crippen molar-refractivity contribution < 1.29 is 0 Å². The van der Waals surface area contributed by atoms with Gasteiger partial charge in [-0.1, -0.05) is 62.6 Å². The third-order valence-electron chi connectivity index (χ3n) is 7.43. The number of nitrogens with one attached hydrogen (secondary N) is 2. The summed E-state index contributed by atoms with van der Waals surface area (Å²) < 4.78 is 2.08. The van der Waals surface area contributed by atoms with Crippen LogP contribution >= 0.6 is 0 Å². The first-order valence-corrected chi connectivity index (χ1v) is 12.6. The second-order valence-electron chi connectivity index (χ2n) is 9.78. The van der Waals surface area contributed by atoms with E-state index in [-0.39, 0.29) is 0 Å². The molecule has 4 nitrogen and oxygen atoms in total. The number of likely N-dealkylation sites (N-methyl/N-ethyl adjacent to an activating group) is 1. The monoisotopic (exact) mass is 440 g/mol. The molecule has 0 unspecified atom stereocenters. The molecular weight excluding hydrogens is 404 g/mol. The van der Waals surface area contributed by atoms with Gasteiger partial charge in [0, 0.05) is 48.4 Å². The van der Waals surface area contributed by atoms with Gasteiger partial charge < -0.3 is 14.8 Å². The molecule has 1 fully saturated rings. The summed E-state index contributed by atoms with van der Waals surface area (Å²) in [5.74, 6) is 0.605. The molecule has 0 amide bonds. The third kappa shape index (κ3) is 4.63. The van der Waals surface area contributed by atoms with E-state index in [1.807, 2.05) is 0 Å². The van der Waals surface area contributed by atoms with E-state index in [0.717, 1.165) is 37.0 Å². The first kappa shape index (κ1) is 22.0. The molecule has 0 bridgehead atoms. The Morgan fingerprint density at radius 1 is 1.00 bits per heavy atom. The highest BCUT2D eigenvalue weighted by molar-refractivity contribution is 6.04. The van der Waals surface area contributed by atoms with Crippen molar-refractivity contribution in [2.24, 2.45) is 0 Å². The van der Waals surface area contributed by atoms with E-state index < -0.39 is 0 Å². The SMILES string of the molecule is CCc1ccc(-c2ccc3ccn(C(=N)C4=C(NC5CCCCC5)CCN(C)C4)c3c2)cc1. The summed E-state index contributed by atoms with van der Waals surface area (Å²) in [6.45, 7) is 4.07. The van der Waals surface area contributed by atoms with Crippen LogP contribution in [0, 0.1) is 5.41 Å². The molecule has 3 aromatic rings. The van der Waals surface area contributed by atoms with Crippen molar-refractivity contribution in [1.82, 2.24) is 14.8 Å². The van der Waals surface area contributed by atoms with Crippen LogP contribution in [0.15, 0.2) is 66.0 Å². The van der Waals surface area contributed by atoms with Gasteiger partial charge in [-0.2, -0.15) is 0 Å². The molecule has 4 heteroatoms. The lowest BCUT2D eigenvalue weighted by Crippen LogP contribution is -2.40. The molecule has 2 aliphatic rings. The number of aromatic nitrogens is 1. The zero-order valence-corrected chi connectivity index (χ0v) is 20.0. The van der Waals surface area contributed by atoms with Crippen LogP contribution in [0.5, 0.6) is 0 Å². The van der Waals surface area contributed by atoms with Crippen LogP contribution in [-0.2, 0) is 6.42 Å². The number of hydrogen-bond donors (Lipinski definition) is 2. The Hall–Kier alpha value is -2.85. The highest BCUT2D eigenvalue weighted by Gasteiger charge is 2.24. The Labute approximate surface area is 197 Å². The fourth-order valence-corrected chi connectivity index (χ4v) is 5.35. The molecule has 0 radical (unpaired) electrons. The van der Waals surface area contributed by atoms with Gasteiger partial charge >= 0.3 is 0 Å². The van der Waals surface area contributed by atoms with Crippen LogP contribution in [0.1, 0.15) is 51.0 Å². The van der Waals surface area contributed by atoms with E-state index in [9.17, 15) is 5.41 Å². The van der Waals surface area contributed by atoms with Gasteiger partial charge in [0.25, 0.3) is 0 Å². The molecule has 0 saturated heterocycles. The molecule has 2 N–H and O–H groups in total. The van der Waals surface area contributed by atoms with E-state index in [1.165, 1.54) is 59.9 Å². The second-order valence-corrected chi connectivity index (χ2v) is 9.78. The van der Waals surface area contributed by atoms with Crippen LogP contribution in [-0.4, -0.2) is 41.5 Å². The maximum absolute atomic E-state index is 9.23. The van der Waals surface area contributed by atoms with Crippen molar-refractivity contribution >= 4 is 16.7 Å². The Morgan fingerprint density at radius 2 is 1.76 bits per heavy atom. The van der Waals surface area contributed by atoms with E-state index in [1.54, 1.807) is 0 Å². The minimum Gasteiger partial charge on any atom is -0.385 e. The average Bonchev–Trinajstić information content (AvgIpc) is 3.29. The number of benzene rings is 2. The lowest BCUT2D eigenvalue weighted by atomic mass is 9.94. The standard InChI is InChI=1S/C29H36N4/c1-3-21-9-11-22(12-10-21)24-14-13-23-15-18-33(28(23)19-24)29(30)26-20-32(2)17-16-27(26)31-25-7-5-4-6-8-25/h9-15,18-19,25,30-31H,3-8,16-17,20H2,1-2H3. The molecule has 172 valence electrons. The third-order valence-corrected chi connectivity index (χ3v) is 7.43. The van der Waals surface area contributed by atoms with Crippen molar-refractivity contribution in [3.05, 3.63) is 71.6 Å². The number of hydrogen-bond acceptors (Lipinski definition) is 3. The first-order valence-electron chi connectivity index (χ1n) is 12.6. The van der Waals surface area contributed by atoms with Crippen LogP contribution in [0.4, 0.5) is 0 Å². The predicted molar refractivity (Wildman–Crippen MR) is 139 cm³/mol. The van der Waals surface area contributed by atoms with Gasteiger partial charge in [-0.05, 0) is 55.1 Å². The Balaban J connectivity index is 1.49. The Kier molecular flexibility index (Phi) is 6.37. The summed E-state index contributed by atoms with van der Waals surface area (Å²) >= 11 is 0. The fourth-order valence-electron chi connectivity index (χ4n) is 5.35. The van der Waals surface area contributed by atoms with Crippen LogP contribution < -0.4 is 5.32 Å². The van der Waals surface area contributed by atoms with Gasteiger partial charge in [-0.25, -0.2) is 0 Å².